The first kappa shape index (κ1) is 101. The van der Waals surface area contributed by atoms with Gasteiger partial charge in [0.15, 0.2) is 227 Å². The number of aromatic nitrogens is 12. The molecule has 0 N–H and O–H groups in total. The van der Waals surface area contributed by atoms with Crippen LogP contribution in [0.15, 0.2) is 440 Å². The molecule has 16 aliphatic carbocycles. The molecular weight excluding hydrogens is 1870 g/mol. The molecule has 0 amide bonds. The molecule has 16 aliphatic rings. The number of rotatable bonds is 48. The van der Waals surface area contributed by atoms with Crippen LogP contribution in [0, 0.1) is 0 Å². The van der Waals surface area contributed by atoms with Gasteiger partial charge in [0.2, 0.25) is 0 Å². The van der Waals surface area contributed by atoms with Crippen LogP contribution in [0.25, 0.3) is 0 Å². The van der Waals surface area contributed by atoms with Crippen LogP contribution in [0.1, 0.15) is 66.8 Å². The van der Waals surface area contributed by atoms with E-state index in [0.717, 1.165) is 66.8 Å². The summed E-state index contributed by atoms with van der Waals surface area (Å²) < 4.78 is 115. The average Bonchev–Trinajstić information content (AvgIpc) is 0.781. The Bertz CT molecular complexity index is 5700. The van der Waals surface area contributed by atoms with Crippen molar-refractivity contribution in [3.05, 3.63) is 507 Å². The zero-order valence-electron chi connectivity index (χ0n) is 85.0. The SMILES string of the molecule is c1cc[n+](CCOc2cc3c(OCC[n+]4ccccc4)cc2Cc2cc(OCC[n+]4ccccc4)c(cc2OCC[n+]2ccccc2)Cc2cc(OCC[n+]4ccccc4)c(cc2OCC[n+]2ccccc2)Cc2cc(OCC[n+]4ccccc4)c(cc2OCC[n+]2ccccc2)Cc2cc(OCC[n+]4ccccc4)c(cc2OCC[n+]2ccccc2)Cc2cc(OCC[n+]4ccccc4)c(cc2OCC[n+]2ccccc2)C3)cc1. The second-order valence-electron chi connectivity index (χ2n) is 37.0. The van der Waals surface area contributed by atoms with E-state index in [1.54, 1.807) is 0 Å². The van der Waals surface area contributed by atoms with Gasteiger partial charge in [0.05, 0.1) is 0 Å². The van der Waals surface area contributed by atoms with Gasteiger partial charge in [-0.15, -0.1) is 0 Å². The summed E-state index contributed by atoms with van der Waals surface area (Å²) in [7, 11) is 0. The molecule has 6 aromatic carbocycles. The van der Waals surface area contributed by atoms with Gasteiger partial charge >= 0.3 is 0 Å². The second kappa shape index (κ2) is 53.7. The van der Waals surface area contributed by atoms with Crippen LogP contribution < -0.4 is 112 Å². The lowest BCUT2D eigenvalue weighted by molar-refractivity contribution is -0.697. The van der Waals surface area contributed by atoms with Gasteiger partial charge in [0.1, 0.15) is 148 Å². The first-order valence-electron chi connectivity index (χ1n) is 52.1. The maximum absolute atomic E-state index is 7.40. The molecule has 24 nitrogen and oxygen atoms in total. The molecule has 0 unspecified atom stereocenters. The predicted octanol–water partition coefficient (Wildman–Crippen LogP) is 13.9. The Morgan fingerprint density at radius 1 is 0.107 bits per heavy atom. The minimum atomic E-state index is 0.318. The van der Waals surface area contributed by atoms with Crippen molar-refractivity contribution in [1.82, 2.24) is 0 Å². The van der Waals surface area contributed by atoms with E-state index in [2.05, 4.69) is 276 Å². The third-order valence-corrected chi connectivity index (χ3v) is 26.4. The topological polar surface area (TPSA) is 157 Å². The summed E-state index contributed by atoms with van der Waals surface area (Å²) in [6.07, 6.45) is 51.6. The zero-order valence-corrected chi connectivity index (χ0v) is 85.0. The van der Waals surface area contributed by atoms with Crippen molar-refractivity contribution in [3.63, 3.8) is 0 Å². The van der Waals surface area contributed by atoms with Gasteiger partial charge in [0, 0.05) is 251 Å². The van der Waals surface area contributed by atoms with E-state index in [4.69, 9.17) is 56.8 Å². The Balaban J connectivity index is 0.852. The van der Waals surface area contributed by atoms with Gasteiger partial charge in [0.25, 0.3) is 0 Å². The van der Waals surface area contributed by atoms with Crippen molar-refractivity contribution in [1.29, 1.82) is 0 Å². The lowest BCUT2D eigenvalue weighted by Crippen LogP contribution is -2.35. The Kier molecular flexibility index (Phi) is 36.3. The maximum atomic E-state index is 7.40. The van der Waals surface area contributed by atoms with Crippen molar-refractivity contribution < 1.29 is 112 Å². The van der Waals surface area contributed by atoms with Crippen LogP contribution >= 0.6 is 0 Å². The van der Waals surface area contributed by atoms with Crippen LogP contribution in [0.2, 0.25) is 0 Å². The number of hydrogen-bond donors (Lipinski definition) is 0. The van der Waals surface area contributed by atoms with Crippen molar-refractivity contribution >= 4 is 0 Å². The molecule has 34 rings (SSSR count). The van der Waals surface area contributed by atoms with Crippen LogP contribution in [-0.2, 0) is 117 Å². The molecule has 0 radical (unpaired) electrons. The van der Waals surface area contributed by atoms with Crippen LogP contribution in [0.4, 0.5) is 0 Å². The number of pyridine rings is 12. The lowest BCUT2D eigenvalue weighted by atomic mass is 9.92. The average molecular weight is 2010 g/mol. The summed E-state index contributed by atoms with van der Waals surface area (Å²) in [4.78, 5) is 0. The minimum Gasteiger partial charge on any atom is -0.487 e. The normalized spacial score (nSPS) is 11.7. The number of nitrogens with zero attached hydrogens (tertiary/aromatic N) is 12. The molecule has 0 aliphatic heterocycles. The number of benzene rings is 6. The zero-order chi connectivity index (χ0) is 101. The fraction of sp³-hybridized carbons (Fsp3) is 0.238. The minimum absolute atomic E-state index is 0.318. The smallest absolute Gasteiger partial charge is 0.182 e. The number of ether oxygens (including phenoxy) is 12. The van der Waals surface area contributed by atoms with Crippen molar-refractivity contribution in [3.8, 4) is 69.0 Å². The highest BCUT2D eigenvalue weighted by atomic mass is 16.5. The molecular formula is C126H132N12O12+12. The maximum Gasteiger partial charge on any atom is 0.182 e. The highest BCUT2D eigenvalue weighted by Crippen LogP contribution is 2.45. The van der Waals surface area contributed by atoms with Gasteiger partial charge in [-0.05, 0) is 72.8 Å². The van der Waals surface area contributed by atoms with E-state index in [0.29, 0.717) is 265 Å². The van der Waals surface area contributed by atoms with E-state index < -0.39 is 0 Å². The molecule has 12 heterocycles. The third-order valence-electron chi connectivity index (χ3n) is 26.4. The monoisotopic (exact) mass is 2010 g/mol. The highest BCUT2D eigenvalue weighted by Gasteiger charge is 2.29. The fourth-order valence-corrected chi connectivity index (χ4v) is 18.5. The van der Waals surface area contributed by atoms with Crippen LogP contribution in [0.5, 0.6) is 69.0 Å². The summed E-state index contributed by atoms with van der Waals surface area (Å²) in [5.41, 5.74) is 10.4. The largest absolute Gasteiger partial charge is 0.487 e. The third kappa shape index (κ3) is 30.0. The Morgan fingerprint density at radius 3 is 0.253 bits per heavy atom. The summed E-state index contributed by atoms with van der Waals surface area (Å²) in [5.74, 6) is 8.02. The summed E-state index contributed by atoms with van der Waals surface area (Å²) in [5, 5.41) is 0. The molecule has 0 spiro atoms. The van der Waals surface area contributed by atoms with Crippen LogP contribution in [-0.4, -0.2) is 79.3 Å². The highest BCUT2D eigenvalue weighted by molar-refractivity contribution is 5.61. The number of hydrogen-bond acceptors (Lipinski definition) is 12. The van der Waals surface area contributed by atoms with Crippen molar-refractivity contribution in [2.75, 3.05) is 79.3 Å². The molecule has 12 bridgehead atoms. The fourth-order valence-electron chi connectivity index (χ4n) is 18.5. The van der Waals surface area contributed by atoms with E-state index in [1.807, 2.05) is 218 Å². The summed E-state index contributed by atoms with van der Waals surface area (Å²) in [6.45, 7) is 10.6. The predicted molar refractivity (Wildman–Crippen MR) is 561 cm³/mol. The van der Waals surface area contributed by atoms with E-state index in [9.17, 15) is 0 Å². The van der Waals surface area contributed by atoms with Gasteiger partial charge in [-0.2, -0.15) is 0 Å². The molecule has 12 aromatic heterocycles. The van der Waals surface area contributed by atoms with E-state index in [-0.39, 0.29) is 0 Å². The Hall–Kier alpha value is -17.3. The Morgan fingerprint density at radius 2 is 0.180 bits per heavy atom. The van der Waals surface area contributed by atoms with Gasteiger partial charge < -0.3 is 56.8 Å². The standard InChI is InChI=1S/C126H132N12O12/c1-13-37-127(38-14-1)61-73-139-115-91-104-86-106-94-120(144-78-66-132-47-23-6-24-48-132)108(96-119(106)143-77-65-131-45-21-5-22-46-131)88-110-98-124(148-82-70-136-55-31-10-32-56-136)112(100-123(110)147-81-69-135-53-29-9-30-54-135)90-114-102-125(149-83-71-137-57-33-11-34-58-137)113(101-126(114)150-84-72-138-59-35-12-36-60-138)89-111-99-121(145-79-67-133-49-25-7-26-50-133)109(97-122(111)146-80-68-134-51-27-8-28-52-134)87-107-95-117(141-75-63-129-41-17-3-18-42-129)105(93-118(107)142-76-64-130-43-19-4-20-44-130)85-103(115)92-116(104)140-74-62-128-39-15-2-16-40-128/h1-60,91-102H,61-90H2/q+12. The molecule has 18 aromatic rings. The van der Waals surface area contributed by atoms with Gasteiger partial charge in [-0.25, -0.2) is 54.8 Å². The van der Waals surface area contributed by atoms with Gasteiger partial charge in [-0.3, -0.25) is 0 Å². The second-order valence-corrected chi connectivity index (χ2v) is 37.0. The molecule has 24 heteroatoms. The quantitative estimate of drug-likeness (QED) is 0.0333. The van der Waals surface area contributed by atoms with E-state index in [1.165, 1.54) is 0 Å². The van der Waals surface area contributed by atoms with Gasteiger partial charge in [-0.1, -0.05) is 72.8 Å². The van der Waals surface area contributed by atoms with Crippen molar-refractivity contribution in [2.24, 2.45) is 0 Å². The molecule has 0 atom stereocenters. The molecule has 756 valence electrons. The summed E-state index contributed by atoms with van der Waals surface area (Å²) in [6, 6.07) is 99.8. The lowest BCUT2D eigenvalue weighted by Gasteiger charge is -2.23. The van der Waals surface area contributed by atoms with E-state index >= 15 is 0 Å². The first-order valence-corrected chi connectivity index (χ1v) is 52.1. The molecule has 0 saturated carbocycles. The van der Waals surface area contributed by atoms with Crippen LogP contribution in [0.3, 0.4) is 0 Å². The molecule has 150 heavy (non-hydrogen) atoms. The first-order chi connectivity index (χ1) is 74.3. The summed E-state index contributed by atoms with van der Waals surface area (Å²) >= 11 is 0. The molecule has 0 fully saturated rings. The molecule has 0 saturated heterocycles. The Labute approximate surface area is 878 Å². The van der Waals surface area contributed by atoms with Crippen molar-refractivity contribution in [2.45, 2.75) is 117 Å².